The highest BCUT2D eigenvalue weighted by molar-refractivity contribution is 6.31. The monoisotopic (exact) mass is 510 g/mol. The molecule has 2 aromatic carbocycles. The molecule has 0 spiro atoms. The number of carbonyl (C=O) groups excluding carboxylic acids is 3. The number of fused-ring (bicyclic) bond motifs is 1. The molecule has 8 heteroatoms. The van der Waals surface area contributed by atoms with E-state index in [0.29, 0.717) is 23.7 Å². The van der Waals surface area contributed by atoms with Crippen LogP contribution >= 0.6 is 11.6 Å². The minimum atomic E-state index is -0.675. The fraction of sp³-hybridized carbons (Fsp3) is 0.357. The molecule has 0 radical (unpaired) electrons. The first-order valence-corrected chi connectivity index (χ1v) is 12.3. The summed E-state index contributed by atoms with van der Waals surface area (Å²) in [4.78, 5) is 41.2. The molecule has 2 atom stereocenters. The zero-order valence-electron chi connectivity index (χ0n) is 20.5. The Labute approximate surface area is 216 Å². The van der Waals surface area contributed by atoms with E-state index >= 15 is 0 Å². The highest BCUT2D eigenvalue weighted by atomic mass is 35.5. The lowest BCUT2D eigenvalue weighted by molar-refractivity contribution is -0.143. The van der Waals surface area contributed by atoms with E-state index in [1.165, 1.54) is 7.11 Å². The number of aromatic nitrogens is 1. The van der Waals surface area contributed by atoms with Crippen LogP contribution in [0.3, 0.4) is 0 Å². The van der Waals surface area contributed by atoms with Crippen LogP contribution in [-0.2, 0) is 25.5 Å². The van der Waals surface area contributed by atoms with Gasteiger partial charge in [0.05, 0.1) is 20.1 Å². The Morgan fingerprint density at radius 1 is 1.03 bits per heavy atom. The summed E-state index contributed by atoms with van der Waals surface area (Å²) < 4.78 is 10.2. The summed E-state index contributed by atoms with van der Waals surface area (Å²) >= 11 is 6.19. The molecule has 190 valence electrons. The number of methoxy groups -OCH3 is 1. The largest absolute Gasteiger partial charge is 0.469 e. The van der Waals surface area contributed by atoms with E-state index in [1.54, 1.807) is 12.3 Å². The summed E-state index contributed by atoms with van der Waals surface area (Å²) in [6, 6.07) is 17.0. The van der Waals surface area contributed by atoms with Crippen molar-refractivity contribution in [3.05, 3.63) is 71.4 Å². The number of rotatable bonds is 12. The number of nitrogens with zero attached hydrogens (tertiary/aromatic N) is 1. The third-order valence-electron chi connectivity index (χ3n) is 6.16. The van der Waals surface area contributed by atoms with Crippen molar-refractivity contribution in [2.24, 2.45) is 11.8 Å². The molecular formula is C28H31ClN2O5. The third kappa shape index (κ3) is 8.34. The van der Waals surface area contributed by atoms with Gasteiger partial charge >= 0.3 is 12.1 Å². The first-order chi connectivity index (χ1) is 17.4. The molecule has 1 amide bonds. The first kappa shape index (κ1) is 27.1. The molecule has 7 nitrogen and oxygen atoms in total. The maximum absolute atomic E-state index is 12.6. The van der Waals surface area contributed by atoms with Gasteiger partial charge in [-0.2, -0.15) is 0 Å². The summed E-state index contributed by atoms with van der Waals surface area (Å²) in [5.74, 6) is -0.499. The zero-order valence-corrected chi connectivity index (χ0v) is 21.3. The zero-order chi connectivity index (χ0) is 25.9. The Morgan fingerprint density at radius 3 is 2.50 bits per heavy atom. The second kappa shape index (κ2) is 13.6. The Morgan fingerprint density at radius 2 is 1.75 bits per heavy atom. The second-order valence-electron chi connectivity index (χ2n) is 8.85. The van der Waals surface area contributed by atoms with Gasteiger partial charge in [0.15, 0.2) is 0 Å². The van der Waals surface area contributed by atoms with Crippen LogP contribution in [0.2, 0.25) is 5.02 Å². The number of aryl methyl sites for hydroxylation is 1. The highest BCUT2D eigenvalue weighted by Crippen LogP contribution is 2.23. The van der Waals surface area contributed by atoms with E-state index in [2.05, 4.69) is 10.3 Å². The van der Waals surface area contributed by atoms with E-state index in [1.807, 2.05) is 55.5 Å². The second-order valence-corrected chi connectivity index (χ2v) is 9.25. The number of Topliss-reactive ketones (excluding diaryl/α,β-unsaturated/α-hetero) is 1. The van der Waals surface area contributed by atoms with Gasteiger partial charge in [0.1, 0.15) is 11.6 Å². The molecule has 36 heavy (non-hydrogen) atoms. The first-order valence-electron chi connectivity index (χ1n) is 12.0. The Bertz CT molecular complexity index is 1200. The third-order valence-corrected chi connectivity index (χ3v) is 6.53. The number of esters is 1. The van der Waals surface area contributed by atoms with Crippen LogP contribution in [0.5, 0.6) is 0 Å². The molecule has 3 aromatic rings. The van der Waals surface area contributed by atoms with Gasteiger partial charge in [-0.25, -0.2) is 9.78 Å². The maximum atomic E-state index is 12.6. The molecule has 0 aliphatic heterocycles. The molecule has 3 rings (SSSR count). The van der Waals surface area contributed by atoms with Crippen molar-refractivity contribution in [2.75, 3.05) is 19.0 Å². The fourth-order valence-corrected chi connectivity index (χ4v) is 4.23. The maximum Gasteiger partial charge on any atom is 0.412 e. The van der Waals surface area contributed by atoms with Gasteiger partial charge in [-0.05, 0) is 41.8 Å². The van der Waals surface area contributed by atoms with Crippen LogP contribution in [0.15, 0.2) is 60.8 Å². The van der Waals surface area contributed by atoms with Crippen LogP contribution in [-0.4, -0.2) is 36.5 Å². The van der Waals surface area contributed by atoms with Gasteiger partial charge in [-0.1, -0.05) is 61.0 Å². The topological polar surface area (TPSA) is 94.6 Å². The molecule has 0 saturated carbocycles. The number of nitrogens with one attached hydrogen (secondary N) is 1. The van der Waals surface area contributed by atoms with Gasteiger partial charge in [0, 0.05) is 35.4 Å². The van der Waals surface area contributed by atoms with Crippen LogP contribution in [0.1, 0.15) is 38.2 Å². The number of benzene rings is 2. The number of pyridine rings is 1. The quantitative estimate of drug-likeness (QED) is 0.290. The molecule has 1 heterocycles. The predicted octanol–water partition coefficient (Wildman–Crippen LogP) is 6.23. The van der Waals surface area contributed by atoms with Crippen LogP contribution in [0.4, 0.5) is 10.6 Å². The Hall–Kier alpha value is -3.45. The summed E-state index contributed by atoms with van der Waals surface area (Å²) in [6.45, 7) is 1.86. The SMILES string of the molecule is COC(=O)C[C@@H](COC(=O)Nc1cc2ccccc2cn1)C(C)CC(=O)CCCc1ccccc1Cl. The van der Waals surface area contributed by atoms with Crippen LogP contribution in [0, 0.1) is 11.8 Å². The van der Waals surface area contributed by atoms with E-state index in [9.17, 15) is 14.4 Å². The van der Waals surface area contributed by atoms with E-state index in [0.717, 1.165) is 22.8 Å². The number of ketones is 1. The number of carbonyl (C=O) groups is 3. The van der Waals surface area contributed by atoms with Gasteiger partial charge < -0.3 is 9.47 Å². The summed E-state index contributed by atoms with van der Waals surface area (Å²) in [5.41, 5.74) is 1.02. The van der Waals surface area contributed by atoms with Crippen LogP contribution < -0.4 is 5.32 Å². The smallest absolute Gasteiger partial charge is 0.412 e. The number of anilines is 1. The van der Waals surface area contributed by atoms with Gasteiger partial charge in [-0.15, -0.1) is 0 Å². The molecule has 0 saturated heterocycles. The number of hydrogen-bond donors (Lipinski definition) is 1. The fourth-order valence-electron chi connectivity index (χ4n) is 4.00. The molecule has 0 aliphatic rings. The highest BCUT2D eigenvalue weighted by Gasteiger charge is 2.25. The predicted molar refractivity (Wildman–Crippen MR) is 140 cm³/mol. The van der Waals surface area contributed by atoms with Gasteiger partial charge in [0.25, 0.3) is 0 Å². The number of hydrogen-bond acceptors (Lipinski definition) is 6. The lowest BCUT2D eigenvalue weighted by Gasteiger charge is -2.22. The summed E-state index contributed by atoms with van der Waals surface area (Å²) in [5, 5.41) is 5.21. The normalized spacial score (nSPS) is 12.5. The standard InChI is InChI=1S/C28H31ClN2O5/c1-19(14-24(32)12-7-11-20-8-5-6-13-25(20)29)23(16-27(33)35-2)18-36-28(34)31-26-15-21-9-3-4-10-22(21)17-30-26/h3-6,8-10,13,15,17,19,23H,7,11-12,14,16,18H2,1-2H3,(H,30,31,34)/t19?,23-/m0/s1. The van der Waals surface area contributed by atoms with Crippen LogP contribution in [0.25, 0.3) is 10.8 Å². The van der Waals surface area contributed by atoms with Crippen molar-refractivity contribution in [2.45, 2.75) is 39.0 Å². The minimum Gasteiger partial charge on any atom is -0.469 e. The molecule has 1 aromatic heterocycles. The van der Waals surface area contributed by atoms with Crippen molar-refractivity contribution in [1.29, 1.82) is 0 Å². The molecule has 1 unspecified atom stereocenters. The van der Waals surface area contributed by atoms with Crippen molar-refractivity contribution in [1.82, 2.24) is 4.98 Å². The van der Waals surface area contributed by atoms with Crippen molar-refractivity contribution >= 4 is 46.0 Å². The van der Waals surface area contributed by atoms with Gasteiger partial charge in [-0.3, -0.25) is 14.9 Å². The summed E-state index contributed by atoms with van der Waals surface area (Å²) in [6.07, 6.45) is 3.14. The summed E-state index contributed by atoms with van der Waals surface area (Å²) in [7, 11) is 1.31. The lowest BCUT2D eigenvalue weighted by atomic mass is 9.86. The Balaban J connectivity index is 1.50. The molecule has 1 N–H and O–H groups in total. The van der Waals surface area contributed by atoms with Gasteiger partial charge in [0.2, 0.25) is 0 Å². The van der Waals surface area contributed by atoms with E-state index in [-0.39, 0.29) is 37.1 Å². The van der Waals surface area contributed by atoms with Crippen molar-refractivity contribution in [3.8, 4) is 0 Å². The van der Waals surface area contributed by atoms with E-state index in [4.69, 9.17) is 21.1 Å². The Kier molecular flexibility index (Phi) is 10.2. The van der Waals surface area contributed by atoms with Crippen molar-refractivity contribution < 1.29 is 23.9 Å². The minimum absolute atomic E-state index is 0.0252. The molecule has 0 bridgehead atoms. The molecular weight excluding hydrogens is 480 g/mol. The number of halogens is 1. The molecule has 0 aliphatic carbocycles. The van der Waals surface area contributed by atoms with Crippen molar-refractivity contribution in [3.63, 3.8) is 0 Å². The lowest BCUT2D eigenvalue weighted by Crippen LogP contribution is -2.27. The molecule has 0 fully saturated rings. The number of amides is 1. The average molecular weight is 511 g/mol. The van der Waals surface area contributed by atoms with E-state index < -0.39 is 12.1 Å². The number of ether oxygens (including phenoxy) is 2. The average Bonchev–Trinajstić information content (AvgIpc) is 2.87.